The number of hydrogen-bond acceptors (Lipinski definition) is 1. The van der Waals surface area contributed by atoms with Crippen LogP contribution in [0.4, 0.5) is 0 Å². The number of alkyl halides is 1. The normalized spacial score (nSPS) is 12.2. The molecule has 0 heterocycles. The second kappa shape index (κ2) is 8.44. The van der Waals surface area contributed by atoms with E-state index in [0.29, 0.717) is 28.9 Å². The summed E-state index contributed by atoms with van der Waals surface area (Å²) in [7, 11) is 0. The molecule has 19 heavy (non-hydrogen) atoms. The van der Waals surface area contributed by atoms with Crippen molar-refractivity contribution >= 4 is 29.1 Å². The average Bonchev–Trinajstić information content (AvgIpc) is 2.35. The Kier molecular flexibility index (Phi) is 7.25. The third-order valence-corrected chi connectivity index (χ3v) is 3.51. The van der Waals surface area contributed by atoms with Gasteiger partial charge in [-0.2, -0.15) is 0 Å². The highest BCUT2D eigenvalue weighted by molar-refractivity contribution is 6.31. The minimum Gasteiger partial charge on any atom is -0.352 e. The van der Waals surface area contributed by atoms with Crippen LogP contribution < -0.4 is 5.32 Å². The minimum atomic E-state index is -0.0683. The van der Waals surface area contributed by atoms with Gasteiger partial charge >= 0.3 is 0 Å². The number of hydrogen-bond donors (Lipinski definition) is 1. The molecule has 106 valence electrons. The quantitative estimate of drug-likeness (QED) is 0.742. The fourth-order valence-corrected chi connectivity index (χ4v) is 2.72. The number of benzene rings is 1. The fourth-order valence-electron chi connectivity index (χ4n) is 2.12. The summed E-state index contributed by atoms with van der Waals surface area (Å²) in [6, 6.07) is 5.38. The molecule has 0 saturated heterocycles. The molecule has 1 atom stereocenters. The molecular weight excluding hydrogens is 281 g/mol. The zero-order valence-corrected chi connectivity index (χ0v) is 13.0. The number of nitrogens with one attached hydrogen (secondary N) is 1. The lowest BCUT2D eigenvalue weighted by Gasteiger charge is -2.15. The van der Waals surface area contributed by atoms with E-state index in [2.05, 4.69) is 12.2 Å². The summed E-state index contributed by atoms with van der Waals surface area (Å²) in [5.41, 5.74) is 1.61. The highest BCUT2D eigenvalue weighted by Crippen LogP contribution is 2.15. The number of amides is 1. The highest BCUT2D eigenvalue weighted by Gasteiger charge is 2.11. The molecule has 0 fully saturated rings. The van der Waals surface area contributed by atoms with Crippen LogP contribution in [-0.2, 0) is 0 Å². The van der Waals surface area contributed by atoms with Crippen molar-refractivity contribution in [3.05, 3.63) is 34.3 Å². The molecule has 1 rings (SSSR count). The summed E-state index contributed by atoms with van der Waals surface area (Å²) in [6.07, 6.45) is 3.12. The SMILES string of the molecule is CCCC(CCCl)CNC(=O)c1cc(C)cc(Cl)c1. The molecule has 0 bridgehead atoms. The zero-order valence-electron chi connectivity index (χ0n) is 11.5. The molecule has 1 N–H and O–H groups in total. The summed E-state index contributed by atoms with van der Waals surface area (Å²) < 4.78 is 0. The van der Waals surface area contributed by atoms with E-state index in [0.717, 1.165) is 24.8 Å². The Hall–Kier alpha value is -0.730. The van der Waals surface area contributed by atoms with Gasteiger partial charge < -0.3 is 5.32 Å². The molecule has 1 amide bonds. The van der Waals surface area contributed by atoms with E-state index >= 15 is 0 Å². The Labute approximate surface area is 125 Å². The second-order valence-corrected chi connectivity index (χ2v) is 5.67. The van der Waals surface area contributed by atoms with Crippen LogP contribution >= 0.6 is 23.2 Å². The van der Waals surface area contributed by atoms with Crippen molar-refractivity contribution in [2.45, 2.75) is 33.1 Å². The van der Waals surface area contributed by atoms with E-state index in [9.17, 15) is 4.79 Å². The van der Waals surface area contributed by atoms with E-state index in [1.54, 1.807) is 6.07 Å². The van der Waals surface area contributed by atoms with Gasteiger partial charge in [0.25, 0.3) is 5.91 Å². The molecule has 0 aliphatic heterocycles. The van der Waals surface area contributed by atoms with Gasteiger partial charge in [-0.1, -0.05) is 24.9 Å². The van der Waals surface area contributed by atoms with Gasteiger partial charge in [0.2, 0.25) is 0 Å². The molecule has 1 unspecified atom stereocenters. The van der Waals surface area contributed by atoms with Crippen molar-refractivity contribution in [1.82, 2.24) is 5.32 Å². The average molecular weight is 302 g/mol. The molecule has 1 aromatic rings. The van der Waals surface area contributed by atoms with Crippen LogP contribution in [0.15, 0.2) is 18.2 Å². The fraction of sp³-hybridized carbons (Fsp3) is 0.533. The largest absolute Gasteiger partial charge is 0.352 e. The maximum Gasteiger partial charge on any atom is 0.251 e. The number of rotatable bonds is 7. The van der Waals surface area contributed by atoms with Crippen molar-refractivity contribution in [3.8, 4) is 0 Å². The van der Waals surface area contributed by atoms with Crippen LogP contribution in [0, 0.1) is 12.8 Å². The van der Waals surface area contributed by atoms with E-state index in [4.69, 9.17) is 23.2 Å². The van der Waals surface area contributed by atoms with Crippen LogP contribution in [0.3, 0.4) is 0 Å². The van der Waals surface area contributed by atoms with E-state index in [-0.39, 0.29) is 5.91 Å². The maximum atomic E-state index is 12.1. The predicted molar refractivity (Wildman–Crippen MR) is 82.3 cm³/mol. The molecule has 0 saturated carbocycles. The standard InChI is InChI=1S/C15H21Cl2NO/c1-3-4-12(5-6-16)10-18-15(19)13-7-11(2)8-14(17)9-13/h7-9,12H,3-6,10H2,1-2H3,(H,18,19). The molecule has 4 heteroatoms. The predicted octanol–water partition coefficient (Wildman–Crippen LogP) is 4.42. The molecule has 0 radical (unpaired) electrons. The van der Waals surface area contributed by atoms with Crippen LogP contribution in [0.1, 0.15) is 42.1 Å². The van der Waals surface area contributed by atoms with Crippen molar-refractivity contribution in [3.63, 3.8) is 0 Å². The van der Waals surface area contributed by atoms with Gasteiger partial charge in [0.05, 0.1) is 0 Å². The van der Waals surface area contributed by atoms with Gasteiger partial charge in [0.15, 0.2) is 0 Å². The summed E-state index contributed by atoms with van der Waals surface area (Å²) in [5, 5.41) is 3.56. The molecule has 0 aliphatic rings. The lowest BCUT2D eigenvalue weighted by molar-refractivity contribution is 0.0946. The first-order chi connectivity index (χ1) is 9.06. The first-order valence-corrected chi connectivity index (χ1v) is 7.59. The van der Waals surface area contributed by atoms with Crippen molar-refractivity contribution in [2.75, 3.05) is 12.4 Å². The minimum absolute atomic E-state index is 0.0683. The summed E-state index contributed by atoms with van der Waals surface area (Å²) in [4.78, 5) is 12.1. The summed E-state index contributed by atoms with van der Waals surface area (Å²) in [5.74, 6) is 1.02. The van der Waals surface area contributed by atoms with Gasteiger partial charge in [0, 0.05) is 23.0 Å². The Bertz CT molecular complexity index is 394. The third-order valence-electron chi connectivity index (χ3n) is 3.07. The Morgan fingerprint density at radius 3 is 2.63 bits per heavy atom. The number of aryl methyl sites for hydroxylation is 1. The molecule has 1 aromatic carbocycles. The van der Waals surface area contributed by atoms with Gasteiger partial charge in [-0.05, 0) is 49.4 Å². The smallest absolute Gasteiger partial charge is 0.251 e. The van der Waals surface area contributed by atoms with Crippen molar-refractivity contribution in [2.24, 2.45) is 5.92 Å². The number of carbonyl (C=O) groups excluding carboxylic acids is 1. The molecular formula is C15H21Cl2NO. The first-order valence-electron chi connectivity index (χ1n) is 6.68. The van der Waals surface area contributed by atoms with Crippen LogP contribution in [-0.4, -0.2) is 18.3 Å². The topological polar surface area (TPSA) is 29.1 Å². The highest BCUT2D eigenvalue weighted by atomic mass is 35.5. The molecule has 2 nitrogen and oxygen atoms in total. The van der Waals surface area contributed by atoms with Crippen LogP contribution in [0.5, 0.6) is 0 Å². The van der Waals surface area contributed by atoms with Crippen molar-refractivity contribution < 1.29 is 4.79 Å². The van der Waals surface area contributed by atoms with Gasteiger partial charge in [-0.3, -0.25) is 4.79 Å². The van der Waals surface area contributed by atoms with Crippen LogP contribution in [0.25, 0.3) is 0 Å². The third kappa shape index (κ3) is 5.84. The lowest BCUT2D eigenvalue weighted by Crippen LogP contribution is -2.29. The monoisotopic (exact) mass is 301 g/mol. The first kappa shape index (κ1) is 16.3. The second-order valence-electron chi connectivity index (χ2n) is 4.86. The number of carbonyl (C=O) groups is 1. The maximum absolute atomic E-state index is 12.1. The summed E-state index contributed by atoms with van der Waals surface area (Å²) in [6.45, 7) is 4.74. The van der Waals surface area contributed by atoms with E-state index < -0.39 is 0 Å². The molecule has 0 spiro atoms. The van der Waals surface area contributed by atoms with Gasteiger partial charge in [-0.25, -0.2) is 0 Å². The summed E-state index contributed by atoms with van der Waals surface area (Å²) >= 11 is 11.7. The van der Waals surface area contributed by atoms with Crippen molar-refractivity contribution in [1.29, 1.82) is 0 Å². The van der Waals surface area contributed by atoms with E-state index in [1.165, 1.54) is 0 Å². The molecule has 0 aliphatic carbocycles. The van der Waals surface area contributed by atoms with Gasteiger partial charge in [0.1, 0.15) is 0 Å². The number of halogens is 2. The lowest BCUT2D eigenvalue weighted by atomic mass is 10.0. The Morgan fingerprint density at radius 2 is 2.05 bits per heavy atom. The zero-order chi connectivity index (χ0) is 14.3. The Morgan fingerprint density at radius 1 is 1.32 bits per heavy atom. The van der Waals surface area contributed by atoms with Gasteiger partial charge in [-0.15, -0.1) is 11.6 Å². The Balaban J connectivity index is 2.58. The van der Waals surface area contributed by atoms with E-state index in [1.807, 2.05) is 19.1 Å². The molecule has 0 aromatic heterocycles. The van der Waals surface area contributed by atoms with Crippen LogP contribution in [0.2, 0.25) is 5.02 Å².